The van der Waals surface area contributed by atoms with Crippen LogP contribution in [-0.2, 0) is 4.43 Å². The Hall–Kier alpha value is -0.123. The fourth-order valence-electron chi connectivity index (χ4n) is 1.52. The van der Waals surface area contributed by atoms with E-state index in [1.54, 1.807) is 0 Å². The van der Waals surface area contributed by atoms with Crippen LogP contribution < -0.4 is 0 Å². The summed E-state index contributed by atoms with van der Waals surface area (Å²) in [6.45, 7) is 17.1. The van der Waals surface area contributed by atoms with Gasteiger partial charge in [-0.15, -0.1) is 0 Å². The molecule has 0 saturated heterocycles. The summed E-state index contributed by atoms with van der Waals surface area (Å²) in [5.41, 5.74) is -0.886. The number of hydrogen-bond donors (Lipinski definition) is 1. The van der Waals surface area contributed by atoms with Crippen LogP contribution in [0.2, 0.25) is 18.1 Å². The van der Waals surface area contributed by atoms with E-state index in [0.29, 0.717) is 0 Å². The Labute approximate surface area is 121 Å². The summed E-state index contributed by atoms with van der Waals surface area (Å²) in [7, 11) is -1.83. The number of rotatable bonds is 7. The summed E-state index contributed by atoms with van der Waals surface area (Å²) in [4.78, 5) is 0. The van der Waals surface area contributed by atoms with Crippen molar-refractivity contribution in [3.05, 3.63) is 12.2 Å². The average Bonchev–Trinajstić information content (AvgIpc) is 2.22. The molecule has 0 aliphatic rings. The summed E-state index contributed by atoms with van der Waals surface area (Å²) in [6, 6.07) is 0. The molecule has 0 aromatic heterocycles. The van der Waals surface area contributed by atoms with E-state index in [1.165, 1.54) is 12.8 Å². The molecule has 0 aromatic carbocycles. The lowest BCUT2D eigenvalue weighted by molar-refractivity contribution is -0.00821. The molecule has 0 aliphatic carbocycles. The zero-order valence-corrected chi connectivity index (χ0v) is 15.2. The molecular weight excluding hydrogens is 252 g/mol. The van der Waals surface area contributed by atoms with Crippen LogP contribution in [0.1, 0.15) is 60.8 Å². The lowest BCUT2D eigenvalue weighted by Gasteiger charge is -2.41. The van der Waals surface area contributed by atoms with Crippen molar-refractivity contribution in [2.45, 2.75) is 90.6 Å². The molecule has 0 spiro atoms. The van der Waals surface area contributed by atoms with E-state index in [9.17, 15) is 5.11 Å². The second-order valence-corrected chi connectivity index (χ2v) is 12.0. The second kappa shape index (κ2) is 7.05. The molecule has 0 aromatic rings. The van der Waals surface area contributed by atoms with Crippen LogP contribution in [0, 0.1) is 0 Å². The minimum Gasteiger partial charge on any atom is -0.411 e. The van der Waals surface area contributed by atoms with Crippen molar-refractivity contribution in [3.63, 3.8) is 0 Å². The van der Waals surface area contributed by atoms with Crippen molar-refractivity contribution in [1.29, 1.82) is 0 Å². The zero-order valence-electron chi connectivity index (χ0n) is 14.2. The largest absolute Gasteiger partial charge is 0.411 e. The normalized spacial score (nSPS) is 18.6. The molecule has 0 rings (SSSR count). The van der Waals surface area contributed by atoms with Crippen molar-refractivity contribution >= 4 is 8.32 Å². The molecule has 19 heavy (non-hydrogen) atoms. The first-order valence-electron chi connectivity index (χ1n) is 7.52. The highest BCUT2D eigenvalue weighted by Crippen LogP contribution is 2.38. The Morgan fingerprint density at radius 2 is 1.74 bits per heavy atom. The first-order chi connectivity index (χ1) is 8.44. The van der Waals surface area contributed by atoms with E-state index in [0.717, 1.165) is 6.42 Å². The Morgan fingerprint density at radius 1 is 1.21 bits per heavy atom. The fraction of sp³-hybridized carbons (Fsp3) is 0.875. The summed E-state index contributed by atoms with van der Waals surface area (Å²) >= 11 is 0. The second-order valence-electron chi connectivity index (χ2n) is 7.29. The molecule has 2 atom stereocenters. The van der Waals surface area contributed by atoms with Gasteiger partial charge < -0.3 is 9.53 Å². The molecule has 114 valence electrons. The standard InChI is InChI=1S/C16H34O2Si/c1-9-10-11-12-13-16(6,17)14(2)18-19(7,8)15(3,4)5/h12-14,17H,9-11H2,1-8H3/b13-12+/t14-,16-/m0/s1. The molecule has 0 heterocycles. The topological polar surface area (TPSA) is 29.5 Å². The maximum absolute atomic E-state index is 10.5. The number of unbranched alkanes of at least 4 members (excludes halogenated alkanes) is 2. The van der Waals surface area contributed by atoms with E-state index in [1.807, 2.05) is 19.9 Å². The van der Waals surface area contributed by atoms with Crippen LogP contribution in [0.4, 0.5) is 0 Å². The Morgan fingerprint density at radius 3 is 2.16 bits per heavy atom. The lowest BCUT2D eigenvalue weighted by atomic mass is 9.99. The highest BCUT2D eigenvalue weighted by molar-refractivity contribution is 6.74. The van der Waals surface area contributed by atoms with Crippen LogP contribution in [0.5, 0.6) is 0 Å². The predicted molar refractivity (Wildman–Crippen MR) is 87.0 cm³/mol. The van der Waals surface area contributed by atoms with Gasteiger partial charge in [0, 0.05) is 0 Å². The molecule has 0 amide bonds. The minimum atomic E-state index is -1.83. The van der Waals surface area contributed by atoms with Gasteiger partial charge in [-0.1, -0.05) is 52.7 Å². The first kappa shape index (κ1) is 18.9. The lowest BCUT2D eigenvalue weighted by Crippen LogP contribution is -2.49. The Balaban J connectivity index is 4.63. The van der Waals surface area contributed by atoms with Crippen LogP contribution in [0.15, 0.2) is 12.2 Å². The molecule has 0 unspecified atom stereocenters. The van der Waals surface area contributed by atoms with Gasteiger partial charge in [-0.3, -0.25) is 0 Å². The smallest absolute Gasteiger partial charge is 0.192 e. The number of hydrogen-bond acceptors (Lipinski definition) is 2. The maximum Gasteiger partial charge on any atom is 0.192 e. The van der Waals surface area contributed by atoms with Gasteiger partial charge in [0.25, 0.3) is 0 Å². The highest BCUT2D eigenvalue weighted by atomic mass is 28.4. The van der Waals surface area contributed by atoms with E-state index < -0.39 is 13.9 Å². The van der Waals surface area contributed by atoms with Crippen LogP contribution in [-0.4, -0.2) is 25.1 Å². The van der Waals surface area contributed by atoms with Gasteiger partial charge in [0.05, 0.1) is 6.10 Å². The Kier molecular flexibility index (Phi) is 7.00. The van der Waals surface area contributed by atoms with Gasteiger partial charge in [0.2, 0.25) is 0 Å². The molecule has 3 heteroatoms. The molecule has 0 aliphatic heterocycles. The van der Waals surface area contributed by atoms with Gasteiger partial charge in [0.15, 0.2) is 8.32 Å². The van der Waals surface area contributed by atoms with Crippen molar-refractivity contribution < 1.29 is 9.53 Å². The average molecular weight is 287 g/mol. The van der Waals surface area contributed by atoms with Crippen LogP contribution in [0.25, 0.3) is 0 Å². The van der Waals surface area contributed by atoms with Gasteiger partial charge in [-0.25, -0.2) is 0 Å². The molecular formula is C16H34O2Si. The first-order valence-corrected chi connectivity index (χ1v) is 10.4. The monoisotopic (exact) mass is 286 g/mol. The van der Waals surface area contributed by atoms with Crippen molar-refractivity contribution in [1.82, 2.24) is 0 Å². The van der Waals surface area contributed by atoms with Crippen molar-refractivity contribution in [2.24, 2.45) is 0 Å². The summed E-state index contributed by atoms with van der Waals surface area (Å²) in [6.07, 6.45) is 7.19. The fourth-order valence-corrected chi connectivity index (χ4v) is 2.99. The van der Waals surface area contributed by atoms with Crippen LogP contribution in [0.3, 0.4) is 0 Å². The third-order valence-corrected chi connectivity index (χ3v) is 8.84. The number of allylic oxidation sites excluding steroid dienone is 1. The molecule has 0 saturated carbocycles. The van der Waals surface area contributed by atoms with Gasteiger partial charge in [-0.05, 0) is 38.4 Å². The van der Waals surface area contributed by atoms with Crippen molar-refractivity contribution in [2.75, 3.05) is 0 Å². The molecule has 2 nitrogen and oxygen atoms in total. The summed E-state index contributed by atoms with van der Waals surface area (Å²) < 4.78 is 6.26. The van der Waals surface area contributed by atoms with Gasteiger partial charge in [-0.2, -0.15) is 0 Å². The molecule has 0 bridgehead atoms. The molecule has 0 radical (unpaired) electrons. The van der Waals surface area contributed by atoms with Crippen molar-refractivity contribution in [3.8, 4) is 0 Å². The van der Waals surface area contributed by atoms with E-state index in [-0.39, 0.29) is 11.1 Å². The predicted octanol–water partition coefficient (Wildman–Crippen LogP) is 4.89. The number of aliphatic hydroxyl groups is 1. The SMILES string of the molecule is CCCC/C=C/[C@](C)(O)[C@H](C)O[Si](C)(C)C(C)(C)C. The summed E-state index contributed by atoms with van der Waals surface area (Å²) in [5.74, 6) is 0. The summed E-state index contributed by atoms with van der Waals surface area (Å²) in [5, 5.41) is 10.7. The van der Waals surface area contributed by atoms with E-state index in [2.05, 4.69) is 46.9 Å². The minimum absolute atomic E-state index is 0.170. The highest BCUT2D eigenvalue weighted by Gasteiger charge is 2.41. The van der Waals surface area contributed by atoms with E-state index in [4.69, 9.17) is 4.43 Å². The van der Waals surface area contributed by atoms with Gasteiger partial charge >= 0.3 is 0 Å². The van der Waals surface area contributed by atoms with E-state index >= 15 is 0 Å². The molecule has 0 fully saturated rings. The van der Waals surface area contributed by atoms with Crippen LogP contribution >= 0.6 is 0 Å². The Bertz CT molecular complexity index is 288. The third kappa shape index (κ3) is 6.24. The quantitative estimate of drug-likeness (QED) is 0.410. The third-order valence-electron chi connectivity index (χ3n) is 4.28. The maximum atomic E-state index is 10.5. The van der Waals surface area contributed by atoms with Gasteiger partial charge in [0.1, 0.15) is 5.60 Å². The zero-order chi connectivity index (χ0) is 15.3. The molecule has 1 N–H and O–H groups in total.